The van der Waals surface area contributed by atoms with Crippen LogP contribution in [-0.4, -0.2) is 43.7 Å². The van der Waals surface area contributed by atoms with Crippen LogP contribution in [0.1, 0.15) is 42.4 Å². The van der Waals surface area contributed by atoms with Crippen LogP contribution < -0.4 is 10.6 Å². The molecule has 0 radical (unpaired) electrons. The largest absolute Gasteiger partial charge is 0.348 e. The molecule has 1 aliphatic rings. The molecular weight excluding hydrogens is 445 g/mol. The predicted octanol–water partition coefficient (Wildman–Crippen LogP) is 3.44. The maximum atomic E-state index is 13.7. The van der Waals surface area contributed by atoms with Crippen molar-refractivity contribution >= 4 is 27.5 Å². The fraction of sp³-hybridized carbons (Fsp3) is 0.417. The number of hydrogen-bond acceptors (Lipinski definition) is 4. The molecule has 1 saturated heterocycles. The van der Waals surface area contributed by atoms with Crippen LogP contribution >= 0.6 is 0 Å². The Morgan fingerprint density at radius 2 is 1.73 bits per heavy atom. The van der Waals surface area contributed by atoms with Crippen LogP contribution in [-0.2, 0) is 19.6 Å². The number of nitrogens with one attached hydrogen (secondary N) is 2. The summed E-state index contributed by atoms with van der Waals surface area (Å²) in [5, 5.41) is 4.75. The monoisotopic (exact) mass is 475 g/mol. The van der Waals surface area contributed by atoms with Crippen molar-refractivity contribution in [3.05, 3.63) is 58.9 Å². The van der Waals surface area contributed by atoms with Crippen LogP contribution in [0.5, 0.6) is 0 Å². The van der Waals surface area contributed by atoms with Crippen molar-refractivity contribution in [2.24, 2.45) is 0 Å². The normalized spacial score (nSPS) is 16.9. The van der Waals surface area contributed by atoms with Crippen LogP contribution in [0.3, 0.4) is 0 Å². The second-order valence-electron chi connectivity index (χ2n) is 8.47. The Bertz CT molecular complexity index is 1130. The third kappa shape index (κ3) is 5.78. The number of para-hydroxylation sites is 1. The molecule has 2 N–H and O–H groups in total. The number of carbonyl (C=O) groups is 2. The molecular formula is C24H30FN3O4S. The number of anilines is 1. The highest BCUT2D eigenvalue weighted by Gasteiger charge is 2.35. The Morgan fingerprint density at radius 3 is 2.39 bits per heavy atom. The maximum absolute atomic E-state index is 13.7. The van der Waals surface area contributed by atoms with E-state index in [1.54, 1.807) is 19.9 Å². The fourth-order valence-electron chi connectivity index (χ4n) is 4.44. The first-order chi connectivity index (χ1) is 15.6. The van der Waals surface area contributed by atoms with E-state index in [1.807, 2.05) is 19.1 Å². The molecule has 2 amide bonds. The van der Waals surface area contributed by atoms with E-state index in [4.69, 9.17) is 0 Å². The highest BCUT2D eigenvalue weighted by Crippen LogP contribution is 2.31. The average Bonchev–Trinajstić information content (AvgIpc) is 2.74. The van der Waals surface area contributed by atoms with E-state index in [9.17, 15) is 22.4 Å². The zero-order valence-electron chi connectivity index (χ0n) is 19.2. The zero-order valence-corrected chi connectivity index (χ0v) is 20.0. The van der Waals surface area contributed by atoms with E-state index < -0.39 is 27.7 Å². The summed E-state index contributed by atoms with van der Waals surface area (Å²) in [7, 11) is -3.70. The molecule has 0 unspecified atom stereocenters. The lowest BCUT2D eigenvalue weighted by atomic mass is 10.0. The minimum atomic E-state index is -3.70. The number of nitrogens with zero attached hydrogens (tertiary/aromatic N) is 1. The summed E-state index contributed by atoms with van der Waals surface area (Å²) in [6.07, 6.45) is 2.73. The summed E-state index contributed by atoms with van der Waals surface area (Å²) < 4.78 is 42.3. The Labute approximate surface area is 194 Å². The maximum Gasteiger partial charge on any atom is 0.313 e. The molecule has 0 bridgehead atoms. The minimum Gasteiger partial charge on any atom is -0.348 e. The van der Waals surface area contributed by atoms with Gasteiger partial charge in [-0.2, -0.15) is 4.31 Å². The average molecular weight is 476 g/mol. The van der Waals surface area contributed by atoms with Gasteiger partial charge >= 0.3 is 11.8 Å². The highest BCUT2D eigenvalue weighted by molar-refractivity contribution is 7.89. The first-order valence-electron chi connectivity index (χ1n) is 11.0. The van der Waals surface area contributed by atoms with Gasteiger partial charge in [-0.1, -0.05) is 36.2 Å². The lowest BCUT2D eigenvalue weighted by Crippen LogP contribution is -2.46. The van der Waals surface area contributed by atoms with E-state index in [0.717, 1.165) is 29.5 Å². The number of amides is 2. The Morgan fingerprint density at radius 1 is 1.06 bits per heavy atom. The Balaban J connectivity index is 1.65. The second-order valence-corrected chi connectivity index (χ2v) is 10.3. The van der Waals surface area contributed by atoms with Crippen molar-refractivity contribution in [2.75, 3.05) is 18.4 Å². The molecule has 33 heavy (non-hydrogen) atoms. The number of hydrogen-bond donors (Lipinski definition) is 2. The summed E-state index contributed by atoms with van der Waals surface area (Å²) in [5.41, 5.74) is 2.37. The van der Waals surface area contributed by atoms with Gasteiger partial charge in [-0.3, -0.25) is 9.59 Å². The number of aryl methyl sites for hydroxylation is 3. The zero-order chi connectivity index (χ0) is 24.2. The number of sulfonamides is 1. The van der Waals surface area contributed by atoms with Crippen LogP contribution in [0.25, 0.3) is 0 Å². The molecule has 178 valence electrons. The molecule has 1 atom stereocenters. The lowest BCUT2D eigenvalue weighted by molar-refractivity contribution is -0.136. The number of halogens is 1. The molecule has 1 fully saturated rings. The molecule has 7 nitrogen and oxygen atoms in total. The van der Waals surface area contributed by atoms with Crippen molar-refractivity contribution in [1.29, 1.82) is 0 Å². The van der Waals surface area contributed by atoms with Crippen molar-refractivity contribution in [3.63, 3.8) is 0 Å². The van der Waals surface area contributed by atoms with Gasteiger partial charge in [0.05, 0.1) is 10.6 Å². The van der Waals surface area contributed by atoms with Gasteiger partial charge in [-0.05, 0) is 63.3 Å². The number of piperidine rings is 1. The van der Waals surface area contributed by atoms with Gasteiger partial charge in [0, 0.05) is 19.1 Å². The summed E-state index contributed by atoms with van der Waals surface area (Å²) in [5.74, 6) is -2.50. The molecule has 1 heterocycles. The summed E-state index contributed by atoms with van der Waals surface area (Å²) >= 11 is 0. The van der Waals surface area contributed by atoms with Gasteiger partial charge in [0.1, 0.15) is 5.82 Å². The predicted molar refractivity (Wildman–Crippen MR) is 125 cm³/mol. The van der Waals surface area contributed by atoms with Gasteiger partial charge in [-0.25, -0.2) is 12.8 Å². The first kappa shape index (κ1) is 24.9. The van der Waals surface area contributed by atoms with E-state index in [2.05, 4.69) is 10.6 Å². The van der Waals surface area contributed by atoms with Crippen LogP contribution in [0.15, 0.2) is 41.3 Å². The molecule has 2 aromatic rings. The molecule has 0 spiro atoms. The molecule has 0 aliphatic carbocycles. The summed E-state index contributed by atoms with van der Waals surface area (Å²) in [4.78, 5) is 24.5. The quantitative estimate of drug-likeness (QED) is 0.626. The van der Waals surface area contributed by atoms with Crippen LogP contribution in [0.4, 0.5) is 10.1 Å². The van der Waals surface area contributed by atoms with Crippen LogP contribution in [0.2, 0.25) is 0 Å². The van der Waals surface area contributed by atoms with Crippen molar-refractivity contribution in [3.8, 4) is 0 Å². The minimum absolute atomic E-state index is 0.0777. The SMILES string of the molecule is Cc1cc(C)c(S(=O)(=O)N2CCCC[C@H]2CCNC(=O)C(=O)Nc2ccccc2F)c(C)c1. The number of carbonyl (C=O) groups excluding carboxylic acids is 2. The van der Waals surface area contributed by atoms with Crippen LogP contribution in [0, 0.1) is 26.6 Å². The van der Waals surface area contributed by atoms with E-state index in [1.165, 1.54) is 22.5 Å². The fourth-order valence-corrected chi connectivity index (χ4v) is 6.58. The lowest BCUT2D eigenvalue weighted by Gasteiger charge is -2.35. The van der Waals surface area contributed by atoms with Gasteiger partial charge in [0.2, 0.25) is 10.0 Å². The molecule has 0 saturated carbocycles. The molecule has 1 aliphatic heterocycles. The third-order valence-corrected chi connectivity index (χ3v) is 8.09. The topological polar surface area (TPSA) is 95.6 Å². The van der Waals surface area contributed by atoms with Gasteiger partial charge in [0.25, 0.3) is 0 Å². The first-order valence-corrected chi connectivity index (χ1v) is 12.5. The third-order valence-electron chi connectivity index (χ3n) is 5.84. The number of rotatable bonds is 6. The molecule has 3 rings (SSSR count). The van der Waals surface area contributed by atoms with Crippen molar-refractivity contribution in [2.45, 2.75) is 57.4 Å². The molecule has 0 aromatic heterocycles. The highest BCUT2D eigenvalue weighted by atomic mass is 32.2. The number of benzene rings is 2. The summed E-state index contributed by atoms with van der Waals surface area (Å²) in [6.45, 7) is 6.10. The van der Waals surface area contributed by atoms with Gasteiger partial charge in [0.15, 0.2) is 0 Å². The molecule has 2 aromatic carbocycles. The van der Waals surface area contributed by atoms with Crippen molar-refractivity contribution in [1.82, 2.24) is 9.62 Å². The molecule has 9 heteroatoms. The Hall–Kier alpha value is -2.78. The van der Waals surface area contributed by atoms with Gasteiger partial charge in [-0.15, -0.1) is 0 Å². The smallest absolute Gasteiger partial charge is 0.313 e. The van der Waals surface area contributed by atoms with Crippen molar-refractivity contribution < 1.29 is 22.4 Å². The summed E-state index contributed by atoms with van der Waals surface area (Å²) in [6, 6.07) is 9.03. The van der Waals surface area contributed by atoms with Gasteiger partial charge < -0.3 is 10.6 Å². The van der Waals surface area contributed by atoms with E-state index in [-0.39, 0.29) is 18.3 Å². The van der Waals surface area contributed by atoms with E-state index in [0.29, 0.717) is 24.3 Å². The second kappa shape index (κ2) is 10.4. The Kier molecular flexibility index (Phi) is 7.86. The van der Waals surface area contributed by atoms with E-state index >= 15 is 0 Å². The standard InChI is InChI=1S/C24H30FN3O4S/c1-16-14-17(2)22(18(3)15-16)33(31,32)28-13-7-6-8-19(28)11-12-26-23(29)24(30)27-21-10-5-4-9-20(21)25/h4-5,9-10,14-15,19H,6-8,11-13H2,1-3H3,(H,26,29)(H,27,30)/t19-/m0/s1.